The summed E-state index contributed by atoms with van der Waals surface area (Å²) in [5.74, 6) is 0.772. The van der Waals surface area contributed by atoms with Gasteiger partial charge in [-0.05, 0) is 6.42 Å². The number of halogens is 1. The molecule has 0 fully saturated rings. The third-order valence-corrected chi connectivity index (χ3v) is 4.29. The number of aliphatic imine (C=N–C) groups is 1. The Balaban J connectivity index is 0.00000338. The Morgan fingerprint density at radius 3 is 2.69 bits per heavy atom. The van der Waals surface area contributed by atoms with Gasteiger partial charge >= 0.3 is 0 Å². The first-order valence-electron chi connectivity index (χ1n) is 8.34. The fourth-order valence-corrected chi connectivity index (χ4v) is 2.88. The van der Waals surface area contributed by atoms with E-state index in [1.165, 1.54) is 0 Å². The zero-order valence-electron chi connectivity index (χ0n) is 15.2. The van der Waals surface area contributed by atoms with Crippen molar-refractivity contribution < 1.29 is 9.47 Å². The maximum absolute atomic E-state index is 5.43. The van der Waals surface area contributed by atoms with E-state index >= 15 is 0 Å². The minimum atomic E-state index is 0. The van der Waals surface area contributed by atoms with Crippen molar-refractivity contribution in [2.45, 2.75) is 13.0 Å². The third-order valence-electron chi connectivity index (χ3n) is 3.44. The van der Waals surface area contributed by atoms with Crippen molar-refractivity contribution in [3.63, 3.8) is 0 Å². The van der Waals surface area contributed by atoms with Gasteiger partial charge in [-0.3, -0.25) is 4.99 Å². The standard InChI is InChI=1S/C18H26N4O2S.HI/c1-19-18(20-9-6-10-24-12-11-23-2)21-13-17-22-16(14-25-17)15-7-4-3-5-8-15;/h3-5,7-8,14H,6,9-13H2,1-2H3,(H2,19,20,21);1H. The number of nitrogens with one attached hydrogen (secondary N) is 2. The number of methoxy groups -OCH3 is 1. The summed E-state index contributed by atoms with van der Waals surface area (Å²) in [6.07, 6.45) is 0.916. The molecule has 0 saturated carbocycles. The van der Waals surface area contributed by atoms with Crippen molar-refractivity contribution in [2.75, 3.05) is 40.5 Å². The van der Waals surface area contributed by atoms with Crippen LogP contribution in [-0.2, 0) is 16.0 Å². The number of ether oxygens (including phenoxy) is 2. The summed E-state index contributed by atoms with van der Waals surface area (Å²) in [5.41, 5.74) is 2.15. The lowest BCUT2D eigenvalue weighted by Crippen LogP contribution is -2.37. The molecule has 2 rings (SSSR count). The van der Waals surface area contributed by atoms with Crippen LogP contribution in [0.25, 0.3) is 11.3 Å². The molecule has 0 radical (unpaired) electrons. The Morgan fingerprint density at radius 2 is 1.96 bits per heavy atom. The molecule has 2 N–H and O–H groups in total. The third kappa shape index (κ3) is 8.43. The van der Waals surface area contributed by atoms with Crippen LogP contribution < -0.4 is 10.6 Å². The summed E-state index contributed by atoms with van der Waals surface area (Å²) in [4.78, 5) is 8.89. The number of guanidine groups is 1. The fourth-order valence-electron chi connectivity index (χ4n) is 2.14. The average molecular weight is 490 g/mol. The van der Waals surface area contributed by atoms with E-state index in [9.17, 15) is 0 Å². The molecule has 144 valence electrons. The van der Waals surface area contributed by atoms with Gasteiger partial charge < -0.3 is 20.1 Å². The van der Waals surface area contributed by atoms with Crippen LogP contribution in [0.2, 0.25) is 0 Å². The maximum Gasteiger partial charge on any atom is 0.191 e. The first-order valence-corrected chi connectivity index (χ1v) is 9.22. The van der Waals surface area contributed by atoms with Crippen molar-refractivity contribution in [3.8, 4) is 11.3 Å². The minimum absolute atomic E-state index is 0. The number of hydrogen-bond acceptors (Lipinski definition) is 5. The lowest BCUT2D eigenvalue weighted by atomic mass is 10.2. The number of hydrogen-bond donors (Lipinski definition) is 2. The van der Waals surface area contributed by atoms with Crippen LogP contribution in [0, 0.1) is 0 Å². The molecule has 26 heavy (non-hydrogen) atoms. The highest BCUT2D eigenvalue weighted by atomic mass is 127. The van der Waals surface area contributed by atoms with Gasteiger partial charge in [0.05, 0.1) is 25.5 Å². The van der Waals surface area contributed by atoms with Gasteiger partial charge in [0.15, 0.2) is 5.96 Å². The first-order chi connectivity index (χ1) is 12.3. The molecule has 0 atom stereocenters. The molecule has 0 aliphatic carbocycles. The first kappa shape index (κ1) is 22.8. The molecule has 0 amide bonds. The van der Waals surface area contributed by atoms with Gasteiger partial charge in [-0.2, -0.15) is 0 Å². The Bertz CT molecular complexity index is 637. The zero-order chi connectivity index (χ0) is 17.7. The molecule has 0 spiro atoms. The lowest BCUT2D eigenvalue weighted by molar-refractivity contribution is 0.0698. The van der Waals surface area contributed by atoms with Gasteiger partial charge in [0.1, 0.15) is 5.01 Å². The van der Waals surface area contributed by atoms with Crippen LogP contribution >= 0.6 is 35.3 Å². The van der Waals surface area contributed by atoms with Crippen molar-refractivity contribution >= 4 is 41.3 Å². The Labute approximate surface area is 176 Å². The lowest BCUT2D eigenvalue weighted by Gasteiger charge is -2.11. The van der Waals surface area contributed by atoms with Gasteiger partial charge in [-0.15, -0.1) is 35.3 Å². The zero-order valence-corrected chi connectivity index (χ0v) is 18.4. The summed E-state index contributed by atoms with van der Waals surface area (Å²) in [6, 6.07) is 10.2. The van der Waals surface area contributed by atoms with Crippen LogP contribution in [0.15, 0.2) is 40.7 Å². The molecule has 1 aromatic heterocycles. The van der Waals surface area contributed by atoms with E-state index in [0.717, 1.165) is 35.2 Å². The smallest absolute Gasteiger partial charge is 0.191 e. The van der Waals surface area contributed by atoms with E-state index in [4.69, 9.17) is 9.47 Å². The Morgan fingerprint density at radius 1 is 1.15 bits per heavy atom. The molecule has 2 aromatic rings. The van der Waals surface area contributed by atoms with E-state index < -0.39 is 0 Å². The van der Waals surface area contributed by atoms with E-state index in [1.807, 2.05) is 18.2 Å². The van der Waals surface area contributed by atoms with Crippen LogP contribution in [0.5, 0.6) is 0 Å². The molecule has 1 aromatic carbocycles. The summed E-state index contributed by atoms with van der Waals surface area (Å²) in [5, 5.41) is 9.68. The summed E-state index contributed by atoms with van der Waals surface area (Å²) < 4.78 is 10.4. The minimum Gasteiger partial charge on any atom is -0.382 e. The van der Waals surface area contributed by atoms with Gasteiger partial charge in [0.25, 0.3) is 0 Å². The predicted molar refractivity (Wildman–Crippen MR) is 118 cm³/mol. The van der Waals surface area contributed by atoms with Gasteiger partial charge in [0.2, 0.25) is 0 Å². The van der Waals surface area contributed by atoms with Crippen molar-refractivity contribution in [1.29, 1.82) is 0 Å². The number of aromatic nitrogens is 1. The number of benzene rings is 1. The molecule has 8 heteroatoms. The summed E-state index contributed by atoms with van der Waals surface area (Å²) in [6.45, 7) is 3.44. The second-order valence-electron chi connectivity index (χ2n) is 5.30. The molecule has 1 heterocycles. The summed E-state index contributed by atoms with van der Waals surface area (Å²) >= 11 is 1.65. The van der Waals surface area contributed by atoms with Gasteiger partial charge in [-0.25, -0.2) is 4.98 Å². The molecular formula is C18H27IN4O2S. The van der Waals surface area contributed by atoms with E-state index in [2.05, 4.69) is 38.1 Å². The van der Waals surface area contributed by atoms with Crippen LogP contribution in [0.1, 0.15) is 11.4 Å². The molecule has 6 nitrogen and oxygen atoms in total. The Hall–Kier alpha value is -1.23. The monoisotopic (exact) mass is 490 g/mol. The average Bonchev–Trinajstić information content (AvgIpc) is 3.13. The largest absolute Gasteiger partial charge is 0.382 e. The van der Waals surface area contributed by atoms with Gasteiger partial charge in [-0.1, -0.05) is 30.3 Å². The van der Waals surface area contributed by atoms with E-state index in [-0.39, 0.29) is 24.0 Å². The van der Waals surface area contributed by atoms with E-state index in [1.54, 1.807) is 25.5 Å². The molecule has 0 bridgehead atoms. The highest BCUT2D eigenvalue weighted by Crippen LogP contribution is 2.21. The van der Waals surface area contributed by atoms with Gasteiger partial charge in [0, 0.05) is 38.3 Å². The molecule has 0 aliphatic rings. The topological polar surface area (TPSA) is 67.8 Å². The second kappa shape index (κ2) is 13.9. The second-order valence-corrected chi connectivity index (χ2v) is 6.25. The highest BCUT2D eigenvalue weighted by Gasteiger charge is 2.05. The van der Waals surface area contributed by atoms with Crippen molar-refractivity contribution in [3.05, 3.63) is 40.7 Å². The Kier molecular flexibility index (Phi) is 12.2. The van der Waals surface area contributed by atoms with Crippen LogP contribution in [0.4, 0.5) is 0 Å². The normalized spacial score (nSPS) is 11.1. The molecule has 0 aliphatic heterocycles. The maximum atomic E-state index is 5.43. The van der Waals surface area contributed by atoms with Crippen LogP contribution in [-0.4, -0.2) is 51.5 Å². The summed E-state index contributed by atoms with van der Waals surface area (Å²) in [7, 11) is 3.44. The molecule has 0 unspecified atom stereocenters. The molecule has 0 saturated heterocycles. The number of rotatable bonds is 10. The number of thiazole rings is 1. The quantitative estimate of drug-likeness (QED) is 0.232. The fraction of sp³-hybridized carbons (Fsp3) is 0.444. The SMILES string of the molecule is CN=C(NCCCOCCOC)NCc1nc(-c2ccccc2)cs1.I. The van der Waals surface area contributed by atoms with Crippen molar-refractivity contribution in [2.24, 2.45) is 4.99 Å². The predicted octanol–water partition coefficient (Wildman–Crippen LogP) is 3.15. The van der Waals surface area contributed by atoms with E-state index in [0.29, 0.717) is 26.4 Å². The van der Waals surface area contributed by atoms with Crippen LogP contribution in [0.3, 0.4) is 0 Å². The van der Waals surface area contributed by atoms with Crippen molar-refractivity contribution in [1.82, 2.24) is 15.6 Å². The highest BCUT2D eigenvalue weighted by molar-refractivity contribution is 14.0. The molecular weight excluding hydrogens is 463 g/mol. The number of nitrogens with zero attached hydrogens (tertiary/aromatic N) is 2.